The minimum absolute atomic E-state index is 0.000169. The highest BCUT2D eigenvalue weighted by Gasteiger charge is 2.52. The standard InChI is InChI=1S/C45H53F2N5O6Si/c1-42(2,3)58-41(55)52-37-22-23-38(49-36(37)30-48-52)50-39(53)31-51(40(54)44(24-26-45(46,47)27-25-44)32-18-20-33(56-7)21-19-32)28-29-57-59(43(4,5)6,34-14-10-8-11-15-34)35-16-12-9-13-17-35/h8-23,30H,24-29,31H2,1-7H3,(H,49,50,53). The first-order valence-corrected chi connectivity index (χ1v) is 21.7. The van der Waals surface area contributed by atoms with Crippen molar-refractivity contribution in [3.05, 3.63) is 109 Å². The molecule has 0 atom stereocenters. The molecule has 0 saturated heterocycles. The monoisotopic (exact) mass is 825 g/mol. The SMILES string of the molecule is COc1ccc(C2(C(=O)N(CCO[Si](c3ccccc3)(c3ccccc3)C(C)(C)C)CC(=O)Nc3ccc4c(cnn4C(=O)OC(C)(C)C)n3)CCC(F)(F)CC2)cc1. The predicted octanol–water partition coefficient (Wildman–Crippen LogP) is 7.71. The number of alkyl halides is 2. The fourth-order valence-corrected chi connectivity index (χ4v) is 12.5. The van der Waals surface area contributed by atoms with Gasteiger partial charge in [0.15, 0.2) is 0 Å². The van der Waals surface area contributed by atoms with E-state index in [1.807, 2.05) is 36.4 Å². The first-order valence-electron chi connectivity index (χ1n) is 19.8. The molecule has 0 unspecified atom stereocenters. The summed E-state index contributed by atoms with van der Waals surface area (Å²) in [7, 11) is -1.52. The van der Waals surface area contributed by atoms with Crippen molar-refractivity contribution in [2.24, 2.45) is 0 Å². The van der Waals surface area contributed by atoms with Crippen molar-refractivity contribution in [1.82, 2.24) is 19.7 Å². The summed E-state index contributed by atoms with van der Waals surface area (Å²) in [5.74, 6) is -3.19. The summed E-state index contributed by atoms with van der Waals surface area (Å²) in [5.41, 5.74) is -0.785. The summed E-state index contributed by atoms with van der Waals surface area (Å²) < 4.78 is 48.7. The minimum Gasteiger partial charge on any atom is -0.497 e. The molecule has 2 amide bonds. The van der Waals surface area contributed by atoms with Gasteiger partial charge >= 0.3 is 6.09 Å². The number of ether oxygens (including phenoxy) is 2. The van der Waals surface area contributed by atoms with E-state index in [4.69, 9.17) is 13.9 Å². The summed E-state index contributed by atoms with van der Waals surface area (Å²) in [4.78, 5) is 47.8. The van der Waals surface area contributed by atoms with Gasteiger partial charge in [-0.2, -0.15) is 9.78 Å². The Morgan fingerprint density at radius 1 is 0.831 bits per heavy atom. The van der Waals surface area contributed by atoms with Crippen LogP contribution in [0.15, 0.2) is 103 Å². The van der Waals surface area contributed by atoms with Crippen molar-refractivity contribution in [3.63, 3.8) is 0 Å². The van der Waals surface area contributed by atoms with Crippen LogP contribution < -0.4 is 20.4 Å². The molecule has 3 aromatic carbocycles. The van der Waals surface area contributed by atoms with Gasteiger partial charge in [-0.15, -0.1) is 0 Å². The zero-order valence-electron chi connectivity index (χ0n) is 34.8. The van der Waals surface area contributed by atoms with Gasteiger partial charge in [0.05, 0.1) is 30.8 Å². The first-order chi connectivity index (χ1) is 27.9. The Labute approximate surface area is 345 Å². The van der Waals surface area contributed by atoms with Crippen molar-refractivity contribution in [2.45, 2.75) is 89.2 Å². The second kappa shape index (κ2) is 17.0. The van der Waals surface area contributed by atoms with E-state index in [0.29, 0.717) is 22.3 Å². The van der Waals surface area contributed by atoms with E-state index < -0.39 is 62.5 Å². The third-order valence-electron chi connectivity index (χ3n) is 10.9. The lowest BCUT2D eigenvalue weighted by Gasteiger charge is -2.44. The highest BCUT2D eigenvalue weighted by Crippen LogP contribution is 2.47. The molecule has 1 saturated carbocycles. The number of methoxy groups -OCH3 is 1. The van der Waals surface area contributed by atoms with Crippen LogP contribution >= 0.6 is 0 Å². The quantitative estimate of drug-likeness (QED) is 0.127. The summed E-state index contributed by atoms with van der Waals surface area (Å²) in [6.45, 7) is 11.4. The molecule has 2 aromatic heterocycles. The third kappa shape index (κ3) is 9.39. The smallest absolute Gasteiger partial charge is 0.435 e. The van der Waals surface area contributed by atoms with Gasteiger partial charge < -0.3 is 24.1 Å². The second-order valence-corrected chi connectivity index (χ2v) is 21.4. The van der Waals surface area contributed by atoms with Gasteiger partial charge in [-0.05, 0) is 78.9 Å². The number of hydrogen-bond acceptors (Lipinski definition) is 8. The fraction of sp³-hybridized carbons (Fsp3) is 0.400. The molecule has 0 spiro atoms. The molecule has 6 rings (SSSR count). The first kappa shape index (κ1) is 43.1. The van der Waals surface area contributed by atoms with Crippen LogP contribution in [0.25, 0.3) is 11.0 Å². The van der Waals surface area contributed by atoms with E-state index in [2.05, 4.69) is 60.4 Å². The number of anilines is 1. The molecule has 5 aromatic rings. The predicted molar refractivity (Wildman–Crippen MR) is 226 cm³/mol. The van der Waals surface area contributed by atoms with E-state index in [1.165, 1.54) is 24.3 Å². The van der Waals surface area contributed by atoms with Crippen LogP contribution in [0.3, 0.4) is 0 Å². The molecule has 11 nitrogen and oxygen atoms in total. The number of pyridine rings is 1. The van der Waals surface area contributed by atoms with Gasteiger partial charge in [-0.3, -0.25) is 9.59 Å². The molecular weight excluding hydrogens is 773 g/mol. The van der Waals surface area contributed by atoms with Gasteiger partial charge in [-0.1, -0.05) is 93.6 Å². The van der Waals surface area contributed by atoms with Gasteiger partial charge in [0.2, 0.25) is 17.7 Å². The molecule has 1 N–H and O–H groups in total. The lowest BCUT2D eigenvalue weighted by Crippen LogP contribution is -2.67. The number of nitrogens with zero attached hydrogens (tertiary/aromatic N) is 4. The number of hydrogen-bond donors (Lipinski definition) is 1. The molecule has 0 aliphatic heterocycles. The Kier molecular flexibility index (Phi) is 12.4. The maximum atomic E-state index is 15.2. The topological polar surface area (TPSA) is 125 Å². The summed E-state index contributed by atoms with van der Waals surface area (Å²) in [6.07, 6.45) is -0.470. The van der Waals surface area contributed by atoms with Gasteiger partial charge in [0.1, 0.15) is 29.2 Å². The van der Waals surface area contributed by atoms with Crippen molar-refractivity contribution in [1.29, 1.82) is 0 Å². The molecule has 0 bridgehead atoms. The van der Waals surface area contributed by atoms with Gasteiger partial charge in [0.25, 0.3) is 8.32 Å². The average molecular weight is 826 g/mol. The minimum atomic E-state index is -3.05. The number of fused-ring (bicyclic) bond motifs is 1. The molecule has 312 valence electrons. The maximum Gasteiger partial charge on any atom is 0.435 e. The van der Waals surface area contributed by atoms with Crippen LogP contribution in [-0.2, 0) is 24.2 Å². The van der Waals surface area contributed by atoms with Crippen LogP contribution in [0, 0.1) is 0 Å². The highest BCUT2D eigenvalue weighted by atomic mass is 28.4. The second-order valence-electron chi connectivity index (χ2n) is 17.1. The lowest BCUT2D eigenvalue weighted by molar-refractivity contribution is -0.145. The Bertz CT molecular complexity index is 2210. The molecule has 59 heavy (non-hydrogen) atoms. The summed E-state index contributed by atoms with van der Waals surface area (Å²) >= 11 is 0. The molecule has 14 heteroatoms. The Morgan fingerprint density at radius 2 is 1.42 bits per heavy atom. The molecule has 1 fully saturated rings. The highest BCUT2D eigenvalue weighted by molar-refractivity contribution is 6.99. The van der Waals surface area contributed by atoms with E-state index in [-0.39, 0.29) is 36.8 Å². The zero-order chi connectivity index (χ0) is 42.6. The number of carbonyl (C=O) groups is 3. The molecule has 0 radical (unpaired) electrons. The average Bonchev–Trinajstić information content (AvgIpc) is 3.62. The largest absolute Gasteiger partial charge is 0.497 e. The summed E-state index contributed by atoms with van der Waals surface area (Å²) in [6, 6.07) is 30.2. The van der Waals surface area contributed by atoms with Gasteiger partial charge in [0, 0.05) is 19.4 Å². The number of rotatable bonds is 12. The number of halogens is 2. The van der Waals surface area contributed by atoms with Crippen LogP contribution in [0.5, 0.6) is 5.75 Å². The molecule has 2 heterocycles. The van der Waals surface area contributed by atoms with Crippen LogP contribution in [0.4, 0.5) is 19.4 Å². The number of amides is 2. The third-order valence-corrected chi connectivity index (χ3v) is 15.9. The van der Waals surface area contributed by atoms with Crippen LogP contribution in [0.2, 0.25) is 5.04 Å². The molecule has 1 aliphatic carbocycles. The number of aromatic nitrogens is 3. The Balaban J connectivity index is 1.33. The lowest BCUT2D eigenvalue weighted by atomic mass is 9.67. The van der Waals surface area contributed by atoms with Crippen molar-refractivity contribution < 1.29 is 37.1 Å². The van der Waals surface area contributed by atoms with Crippen LogP contribution in [-0.4, -0.2) is 84.2 Å². The maximum absolute atomic E-state index is 15.2. The Morgan fingerprint density at radius 3 is 1.97 bits per heavy atom. The van der Waals surface area contributed by atoms with E-state index in [9.17, 15) is 18.4 Å². The van der Waals surface area contributed by atoms with Gasteiger partial charge in [-0.25, -0.2) is 18.6 Å². The van der Waals surface area contributed by atoms with E-state index in [1.54, 1.807) is 51.1 Å². The van der Waals surface area contributed by atoms with E-state index in [0.717, 1.165) is 15.1 Å². The number of benzene rings is 3. The zero-order valence-corrected chi connectivity index (χ0v) is 35.8. The molecular formula is C45H53F2N5O6Si. The fourth-order valence-electron chi connectivity index (χ4n) is 8.00. The summed E-state index contributed by atoms with van der Waals surface area (Å²) in [5, 5.41) is 8.68. The van der Waals surface area contributed by atoms with Crippen molar-refractivity contribution >= 4 is 53.4 Å². The van der Waals surface area contributed by atoms with Crippen molar-refractivity contribution in [3.8, 4) is 5.75 Å². The van der Waals surface area contributed by atoms with E-state index >= 15 is 4.79 Å². The normalized spacial score (nSPS) is 15.3. The van der Waals surface area contributed by atoms with Crippen LogP contribution in [0.1, 0.15) is 72.8 Å². The van der Waals surface area contributed by atoms with Crippen molar-refractivity contribution in [2.75, 3.05) is 32.1 Å². The molecule has 1 aliphatic rings. The number of carbonyl (C=O) groups excluding carboxylic acids is 3. The number of nitrogens with one attached hydrogen (secondary N) is 1. The Hall–Kier alpha value is -5.47.